The molecule has 5 aromatic rings. The molecule has 1 amide bonds. The summed E-state index contributed by atoms with van der Waals surface area (Å²) < 4.78 is 13.6. The van der Waals surface area contributed by atoms with Crippen LogP contribution in [-0.4, -0.2) is 31.1 Å². The summed E-state index contributed by atoms with van der Waals surface area (Å²) in [7, 11) is 0. The first-order valence-electron chi connectivity index (χ1n) is 13.3. The zero-order chi connectivity index (χ0) is 27.8. The molecule has 0 atom stereocenters. The fraction of sp³-hybridized carbons (Fsp3) is 0.188. The van der Waals surface area contributed by atoms with Gasteiger partial charge in [0.15, 0.2) is 0 Å². The van der Waals surface area contributed by atoms with Crippen molar-refractivity contribution in [2.45, 2.75) is 33.6 Å². The van der Waals surface area contributed by atoms with Crippen molar-refractivity contribution in [3.05, 3.63) is 101 Å². The Morgan fingerprint density at radius 1 is 1.05 bits per heavy atom. The minimum Gasteiger partial charge on any atom is -0.356 e. The smallest absolute Gasteiger partial charge is 0.224 e. The summed E-state index contributed by atoms with van der Waals surface area (Å²) in [6.07, 6.45) is 8.77. The number of anilines is 1. The molecule has 0 aliphatic heterocycles. The number of nitrogens with zero attached hydrogens (tertiary/aromatic N) is 3. The highest BCUT2D eigenvalue weighted by Gasteiger charge is 2.20. The molecular formula is C32H29FN6O. The van der Waals surface area contributed by atoms with Gasteiger partial charge in [0, 0.05) is 35.9 Å². The summed E-state index contributed by atoms with van der Waals surface area (Å²) >= 11 is 0. The van der Waals surface area contributed by atoms with E-state index in [0.717, 1.165) is 56.8 Å². The first-order chi connectivity index (χ1) is 19.3. The van der Waals surface area contributed by atoms with Gasteiger partial charge in [0.05, 0.1) is 28.8 Å². The number of carbonyl (C=O) groups is 1. The Bertz CT molecular complexity index is 1790. The van der Waals surface area contributed by atoms with Crippen LogP contribution < -0.4 is 5.32 Å². The predicted octanol–water partition coefficient (Wildman–Crippen LogP) is 7.07. The molecule has 0 saturated carbocycles. The van der Waals surface area contributed by atoms with Gasteiger partial charge in [-0.1, -0.05) is 43.7 Å². The summed E-state index contributed by atoms with van der Waals surface area (Å²) in [5.41, 5.74) is 10.5. The van der Waals surface area contributed by atoms with Gasteiger partial charge in [-0.25, -0.2) is 9.37 Å². The van der Waals surface area contributed by atoms with Crippen LogP contribution in [0.3, 0.4) is 0 Å². The first kappa shape index (κ1) is 25.4. The number of nitrogens with one attached hydrogen (secondary N) is 3. The number of hydrogen-bond donors (Lipinski definition) is 3. The summed E-state index contributed by atoms with van der Waals surface area (Å²) in [5.74, 6) is -0.0340. The van der Waals surface area contributed by atoms with Crippen molar-refractivity contribution < 1.29 is 9.18 Å². The molecule has 40 heavy (non-hydrogen) atoms. The maximum Gasteiger partial charge on any atom is 0.224 e. The van der Waals surface area contributed by atoms with Gasteiger partial charge < -0.3 is 10.3 Å². The van der Waals surface area contributed by atoms with Crippen molar-refractivity contribution in [1.82, 2.24) is 25.1 Å². The number of rotatable bonds is 6. The van der Waals surface area contributed by atoms with Crippen LogP contribution in [0.4, 0.5) is 10.1 Å². The number of aromatic amines is 2. The quantitative estimate of drug-likeness (QED) is 0.218. The summed E-state index contributed by atoms with van der Waals surface area (Å²) in [6.45, 7) is 6.12. The van der Waals surface area contributed by atoms with E-state index in [0.29, 0.717) is 17.8 Å². The summed E-state index contributed by atoms with van der Waals surface area (Å²) in [4.78, 5) is 25.1. The number of amides is 1. The van der Waals surface area contributed by atoms with Crippen LogP contribution in [0.15, 0.2) is 78.6 Å². The van der Waals surface area contributed by atoms with Crippen molar-refractivity contribution >= 4 is 28.2 Å². The van der Waals surface area contributed by atoms with Crippen LogP contribution >= 0.6 is 0 Å². The van der Waals surface area contributed by atoms with Crippen LogP contribution in [0.25, 0.3) is 39.3 Å². The first-order valence-corrected chi connectivity index (χ1v) is 13.3. The van der Waals surface area contributed by atoms with Crippen LogP contribution in [0, 0.1) is 11.7 Å². The van der Waals surface area contributed by atoms with Gasteiger partial charge in [-0.15, -0.1) is 0 Å². The minimum absolute atomic E-state index is 0.0415. The predicted molar refractivity (Wildman–Crippen MR) is 156 cm³/mol. The van der Waals surface area contributed by atoms with E-state index in [1.165, 1.54) is 17.7 Å². The summed E-state index contributed by atoms with van der Waals surface area (Å²) in [5, 5.41) is 10.6. The molecule has 1 aliphatic rings. The minimum atomic E-state index is -0.261. The fourth-order valence-electron chi connectivity index (χ4n) is 5.02. The van der Waals surface area contributed by atoms with Gasteiger partial charge in [0.2, 0.25) is 5.91 Å². The molecule has 6 rings (SSSR count). The second kappa shape index (κ2) is 10.4. The third-order valence-electron chi connectivity index (χ3n) is 6.91. The average molecular weight is 533 g/mol. The molecule has 0 spiro atoms. The molecule has 4 aromatic heterocycles. The highest BCUT2D eigenvalue weighted by Crippen LogP contribution is 2.35. The van der Waals surface area contributed by atoms with E-state index in [1.54, 1.807) is 24.5 Å². The second-order valence-electron chi connectivity index (χ2n) is 10.6. The highest BCUT2D eigenvalue weighted by atomic mass is 19.1. The Morgan fingerprint density at radius 2 is 1.88 bits per heavy atom. The maximum absolute atomic E-state index is 13.6. The van der Waals surface area contributed by atoms with Gasteiger partial charge in [-0.3, -0.25) is 14.9 Å². The molecule has 0 fully saturated rings. The van der Waals surface area contributed by atoms with E-state index in [9.17, 15) is 9.18 Å². The van der Waals surface area contributed by atoms with Crippen LogP contribution in [0.2, 0.25) is 0 Å². The lowest BCUT2D eigenvalue weighted by atomic mass is 9.97. The average Bonchev–Trinajstić information content (AvgIpc) is 3.49. The Balaban J connectivity index is 1.37. The lowest BCUT2D eigenvalue weighted by Crippen LogP contribution is -2.14. The monoisotopic (exact) mass is 532 g/mol. The van der Waals surface area contributed by atoms with E-state index in [4.69, 9.17) is 4.98 Å². The standard InChI is InChI=1S/C32H29FN6O/c1-18(2)12-30(40)35-23-14-21(16-34-17-23)26-10-11-27-31(37-26)32(39-38-27)29-15-25-24(20-5-7-22(33)8-6-20)9-4-19(3)13-28(25)36-29/h4-11,14-18,36H,12-13H2,1-3H3,(H,35,40)(H,38,39). The molecule has 7 nitrogen and oxygen atoms in total. The van der Waals surface area contributed by atoms with Crippen LogP contribution in [0.5, 0.6) is 0 Å². The second-order valence-corrected chi connectivity index (χ2v) is 10.6. The zero-order valence-corrected chi connectivity index (χ0v) is 22.5. The van der Waals surface area contributed by atoms with E-state index in [-0.39, 0.29) is 17.6 Å². The van der Waals surface area contributed by atoms with Crippen molar-refractivity contribution in [3.63, 3.8) is 0 Å². The molecule has 0 saturated heterocycles. The largest absolute Gasteiger partial charge is 0.356 e. The molecule has 0 radical (unpaired) electrons. The highest BCUT2D eigenvalue weighted by molar-refractivity contribution is 5.93. The van der Waals surface area contributed by atoms with E-state index < -0.39 is 0 Å². The van der Waals surface area contributed by atoms with E-state index >= 15 is 0 Å². The van der Waals surface area contributed by atoms with Gasteiger partial charge in [-0.05, 0) is 60.4 Å². The number of halogens is 1. The SMILES string of the molecule is CC1=CC=C(c2ccc(F)cc2)c2cc(-c3n[nH]c4ccc(-c5cncc(NC(=O)CC(C)C)c5)nc34)[nH]c2C1. The fourth-order valence-corrected chi connectivity index (χ4v) is 5.02. The molecule has 4 heterocycles. The van der Waals surface area contributed by atoms with Gasteiger partial charge >= 0.3 is 0 Å². The Hall–Kier alpha value is -4.85. The van der Waals surface area contributed by atoms with Crippen molar-refractivity contribution in [2.24, 2.45) is 5.92 Å². The Kier molecular flexibility index (Phi) is 6.59. The number of allylic oxidation sites excluding steroid dienone is 3. The van der Waals surface area contributed by atoms with Crippen molar-refractivity contribution in [1.29, 1.82) is 0 Å². The molecule has 0 unspecified atom stereocenters. The Morgan fingerprint density at radius 3 is 2.67 bits per heavy atom. The Labute approximate surface area is 231 Å². The third-order valence-corrected chi connectivity index (χ3v) is 6.91. The molecule has 0 bridgehead atoms. The number of fused-ring (bicyclic) bond motifs is 2. The van der Waals surface area contributed by atoms with Gasteiger partial charge in [-0.2, -0.15) is 5.10 Å². The van der Waals surface area contributed by atoms with Crippen molar-refractivity contribution in [3.8, 4) is 22.6 Å². The number of carbonyl (C=O) groups excluding carboxylic acids is 1. The topological polar surface area (TPSA) is 99.3 Å². The number of hydrogen-bond acceptors (Lipinski definition) is 4. The number of benzene rings is 1. The van der Waals surface area contributed by atoms with Crippen LogP contribution in [0.1, 0.15) is 44.0 Å². The zero-order valence-electron chi connectivity index (χ0n) is 22.5. The van der Waals surface area contributed by atoms with Crippen molar-refractivity contribution in [2.75, 3.05) is 5.32 Å². The molecule has 3 N–H and O–H groups in total. The van der Waals surface area contributed by atoms with Gasteiger partial charge in [0.1, 0.15) is 17.0 Å². The number of H-pyrrole nitrogens is 2. The summed E-state index contributed by atoms with van der Waals surface area (Å²) in [6, 6.07) is 14.4. The van der Waals surface area contributed by atoms with Crippen LogP contribution in [-0.2, 0) is 11.2 Å². The van der Waals surface area contributed by atoms with E-state index in [1.807, 2.05) is 32.0 Å². The normalized spacial score (nSPS) is 13.1. The lowest BCUT2D eigenvalue weighted by Gasteiger charge is -2.08. The lowest BCUT2D eigenvalue weighted by molar-refractivity contribution is -0.116. The molecule has 1 aliphatic carbocycles. The molecular weight excluding hydrogens is 503 g/mol. The third kappa shape index (κ3) is 5.08. The molecule has 1 aromatic carbocycles. The molecule has 200 valence electrons. The number of aromatic nitrogens is 5. The number of pyridine rings is 2. The maximum atomic E-state index is 13.6. The van der Waals surface area contributed by atoms with E-state index in [2.05, 4.69) is 50.6 Å². The molecule has 8 heteroatoms. The van der Waals surface area contributed by atoms with Gasteiger partial charge in [0.25, 0.3) is 0 Å².